The Morgan fingerprint density at radius 3 is 2.29 bits per heavy atom. The summed E-state index contributed by atoms with van der Waals surface area (Å²) < 4.78 is 0. The van der Waals surface area contributed by atoms with Gasteiger partial charge in [-0.25, -0.2) is 0 Å². The largest absolute Gasteiger partial charge is 0.481 e. The summed E-state index contributed by atoms with van der Waals surface area (Å²) in [6, 6.07) is 0. The van der Waals surface area contributed by atoms with Gasteiger partial charge < -0.3 is 10.2 Å². The fourth-order valence-corrected chi connectivity index (χ4v) is 2.37. The molecule has 0 aromatic heterocycles. The van der Waals surface area contributed by atoms with Gasteiger partial charge in [-0.05, 0) is 38.5 Å². The van der Waals surface area contributed by atoms with Crippen LogP contribution in [0.25, 0.3) is 0 Å². The Labute approximate surface area is 130 Å². The summed E-state index contributed by atoms with van der Waals surface area (Å²) in [5.41, 5.74) is 0. The van der Waals surface area contributed by atoms with Crippen LogP contribution in [0.1, 0.15) is 90.4 Å². The van der Waals surface area contributed by atoms with Crippen LogP contribution in [0.3, 0.4) is 0 Å². The average Bonchev–Trinajstić information content (AvgIpc) is 2.45. The Kier molecular flexibility index (Phi) is 14.9. The molecule has 0 saturated carbocycles. The monoisotopic (exact) mass is 298 g/mol. The van der Waals surface area contributed by atoms with E-state index in [0.29, 0.717) is 0 Å². The number of aliphatic hydroxyl groups is 1. The van der Waals surface area contributed by atoms with Gasteiger partial charge in [-0.3, -0.25) is 4.79 Å². The smallest absolute Gasteiger partial charge is 0.303 e. The first-order valence-corrected chi connectivity index (χ1v) is 8.71. The molecule has 0 amide bonds. The quantitative estimate of drug-likeness (QED) is 0.327. The molecule has 0 fully saturated rings. The van der Waals surface area contributed by atoms with Crippen molar-refractivity contribution in [3.63, 3.8) is 0 Å². The van der Waals surface area contributed by atoms with Crippen LogP contribution in [0.2, 0.25) is 0 Å². The molecule has 0 aliphatic rings. The molecule has 3 heteroatoms. The van der Waals surface area contributed by atoms with Crippen LogP contribution in [0.15, 0.2) is 12.2 Å². The molecule has 0 aliphatic carbocycles. The zero-order valence-corrected chi connectivity index (χ0v) is 13.7. The van der Waals surface area contributed by atoms with Gasteiger partial charge in [0.25, 0.3) is 0 Å². The highest BCUT2D eigenvalue weighted by Crippen LogP contribution is 2.12. The SMILES string of the molecule is CCCCCC=CCCC(O)CCCCCCCC(=O)O. The highest BCUT2D eigenvalue weighted by atomic mass is 16.4. The summed E-state index contributed by atoms with van der Waals surface area (Å²) in [7, 11) is 0. The molecule has 0 heterocycles. The molecular formula is C18H34O3. The molecule has 2 N–H and O–H groups in total. The highest BCUT2D eigenvalue weighted by molar-refractivity contribution is 5.66. The number of hydrogen-bond donors (Lipinski definition) is 2. The zero-order valence-electron chi connectivity index (χ0n) is 13.7. The summed E-state index contributed by atoms with van der Waals surface area (Å²) in [6.07, 6.45) is 17.3. The molecule has 0 saturated heterocycles. The Hall–Kier alpha value is -0.830. The molecule has 3 nitrogen and oxygen atoms in total. The third-order valence-electron chi connectivity index (χ3n) is 3.74. The lowest BCUT2D eigenvalue weighted by atomic mass is 10.0. The van der Waals surface area contributed by atoms with E-state index in [1.54, 1.807) is 0 Å². The van der Waals surface area contributed by atoms with E-state index in [9.17, 15) is 9.90 Å². The molecule has 124 valence electrons. The van der Waals surface area contributed by atoms with Gasteiger partial charge in [-0.2, -0.15) is 0 Å². The second-order valence-corrected chi connectivity index (χ2v) is 5.90. The van der Waals surface area contributed by atoms with Crippen molar-refractivity contribution in [1.82, 2.24) is 0 Å². The second-order valence-electron chi connectivity index (χ2n) is 5.90. The first kappa shape index (κ1) is 20.2. The first-order valence-electron chi connectivity index (χ1n) is 8.71. The van der Waals surface area contributed by atoms with Crippen LogP contribution in [-0.4, -0.2) is 22.3 Å². The molecule has 0 rings (SSSR count). The van der Waals surface area contributed by atoms with E-state index in [0.717, 1.165) is 51.4 Å². The molecule has 21 heavy (non-hydrogen) atoms. The number of aliphatic hydroxyl groups excluding tert-OH is 1. The zero-order chi connectivity index (χ0) is 15.8. The minimum absolute atomic E-state index is 0.177. The average molecular weight is 298 g/mol. The molecule has 0 radical (unpaired) electrons. The van der Waals surface area contributed by atoms with Crippen molar-refractivity contribution in [2.75, 3.05) is 0 Å². The number of carboxylic acids is 1. The molecule has 0 aliphatic heterocycles. The summed E-state index contributed by atoms with van der Waals surface area (Å²) in [5.74, 6) is -0.701. The van der Waals surface area contributed by atoms with Crippen molar-refractivity contribution in [1.29, 1.82) is 0 Å². The summed E-state index contributed by atoms with van der Waals surface area (Å²) >= 11 is 0. The van der Waals surface area contributed by atoms with Crippen LogP contribution in [0, 0.1) is 0 Å². The van der Waals surface area contributed by atoms with Crippen LogP contribution >= 0.6 is 0 Å². The standard InChI is InChI=1S/C18H34O3/c1-2-3-4-5-6-8-11-14-17(19)15-12-9-7-10-13-16-18(20)21/h6,8,17,19H,2-5,7,9-16H2,1H3,(H,20,21). The molecule has 0 aromatic rings. The van der Waals surface area contributed by atoms with Crippen LogP contribution in [0.4, 0.5) is 0 Å². The number of aliphatic carboxylic acids is 1. The Morgan fingerprint density at radius 1 is 0.905 bits per heavy atom. The van der Waals surface area contributed by atoms with E-state index in [4.69, 9.17) is 5.11 Å². The topological polar surface area (TPSA) is 57.5 Å². The molecule has 0 aromatic carbocycles. The predicted octanol–water partition coefficient (Wildman–Crippen LogP) is 5.08. The lowest BCUT2D eigenvalue weighted by Crippen LogP contribution is -2.05. The van der Waals surface area contributed by atoms with Crippen molar-refractivity contribution < 1.29 is 15.0 Å². The Balaban J connectivity index is 3.26. The highest BCUT2D eigenvalue weighted by Gasteiger charge is 2.02. The van der Waals surface area contributed by atoms with E-state index >= 15 is 0 Å². The fraction of sp³-hybridized carbons (Fsp3) is 0.833. The van der Waals surface area contributed by atoms with E-state index in [1.807, 2.05) is 0 Å². The van der Waals surface area contributed by atoms with E-state index in [1.165, 1.54) is 25.7 Å². The third-order valence-corrected chi connectivity index (χ3v) is 3.74. The first-order chi connectivity index (χ1) is 10.2. The number of carboxylic acid groups (broad SMARTS) is 1. The number of rotatable bonds is 15. The van der Waals surface area contributed by atoms with E-state index in [2.05, 4.69) is 19.1 Å². The summed E-state index contributed by atoms with van der Waals surface area (Å²) in [6.45, 7) is 2.21. The molecular weight excluding hydrogens is 264 g/mol. The van der Waals surface area contributed by atoms with Gasteiger partial charge >= 0.3 is 5.97 Å². The predicted molar refractivity (Wildman–Crippen MR) is 88.5 cm³/mol. The van der Waals surface area contributed by atoms with Crippen molar-refractivity contribution in [3.8, 4) is 0 Å². The summed E-state index contributed by atoms with van der Waals surface area (Å²) in [5, 5.41) is 18.4. The van der Waals surface area contributed by atoms with Gasteiger partial charge in [0.05, 0.1) is 6.10 Å². The minimum Gasteiger partial charge on any atom is -0.481 e. The maximum atomic E-state index is 10.3. The van der Waals surface area contributed by atoms with Gasteiger partial charge in [-0.15, -0.1) is 0 Å². The van der Waals surface area contributed by atoms with E-state index < -0.39 is 5.97 Å². The maximum Gasteiger partial charge on any atom is 0.303 e. The molecule has 1 atom stereocenters. The van der Waals surface area contributed by atoms with Gasteiger partial charge in [0.2, 0.25) is 0 Å². The van der Waals surface area contributed by atoms with Gasteiger partial charge in [-0.1, -0.05) is 57.6 Å². The normalized spacial score (nSPS) is 12.9. The lowest BCUT2D eigenvalue weighted by Gasteiger charge is -2.08. The molecule has 0 bridgehead atoms. The Morgan fingerprint density at radius 2 is 1.57 bits per heavy atom. The van der Waals surface area contributed by atoms with Crippen LogP contribution in [-0.2, 0) is 4.79 Å². The number of hydrogen-bond acceptors (Lipinski definition) is 2. The number of allylic oxidation sites excluding steroid dienone is 2. The number of unbranched alkanes of at least 4 members (excludes halogenated alkanes) is 7. The van der Waals surface area contributed by atoms with Crippen LogP contribution in [0.5, 0.6) is 0 Å². The number of carbonyl (C=O) groups is 1. The van der Waals surface area contributed by atoms with Gasteiger partial charge in [0, 0.05) is 6.42 Å². The maximum absolute atomic E-state index is 10.3. The van der Waals surface area contributed by atoms with Gasteiger partial charge in [0.1, 0.15) is 0 Å². The second kappa shape index (κ2) is 15.6. The van der Waals surface area contributed by atoms with E-state index in [-0.39, 0.29) is 12.5 Å². The summed E-state index contributed by atoms with van der Waals surface area (Å²) in [4.78, 5) is 10.3. The van der Waals surface area contributed by atoms with Crippen molar-refractivity contribution in [2.24, 2.45) is 0 Å². The minimum atomic E-state index is -0.701. The molecule has 1 unspecified atom stereocenters. The Bertz CT molecular complexity index is 261. The molecule has 0 spiro atoms. The lowest BCUT2D eigenvalue weighted by molar-refractivity contribution is -0.137. The van der Waals surface area contributed by atoms with Crippen LogP contribution < -0.4 is 0 Å². The van der Waals surface area contributed by atoms with Gasteiger partial charge in [0.15, 0.2) is 0 Å². The van der Waals surface area contributed by atoms with Crippen molar-refractivity contribution in [2.45, 2.75) is 96.5 Å². The fourth-order valence-electron chi connectivity index (χ4n) is 2.37. The van der Waals surface area contributed by atoms with Crippen molar-refractivity contribution >= 4 is 5.97 Å². The van der Waals surface area contributed by atoms with Crippen molar-refractivity contribution in [3.05, 3.63) is 12.2 Å². The third kappa shape index (κ3) is 17.1.